The van der Waals surface area contributed by atoms with Gasteiger partial charge in [-0.2, -0.15) is 5.10 Å². The molecule has 0 aromatic heterocycles. The molecule has 0 atom stereocenters. The molecule has 0 radical (unpaired) electrons. The highest BCUT2D eigenvalue weighted by molar-refractivity contribution is 5.94. The fraction of sp³-hybridized carbons (Fsp3) is 0.258. The second kappa shape index (κ2) is 16.8. The first kappa shape index (κ1) is 32.1. The molecule has 3 aromatic rings. The van der Waals surface area contributed by atoms with E-state index in [0.29, 0.717) is 46.4 Å². The van der Waals surface area contributed by atoms with Crippen LogP contribution in [-0.2, 0) is 19.1 Å². The first-order chi connectivity index (χ1) is 20.8. The van der Waals surface area contributed by atoms with Crippen molar-refractivity contribution in [3.05, 3.63) is 77.9 Å². The van der Waals surface area contributed by atoms with Crippen LogP contribution in [0.1, 0.15) is 42.6 Å². The average molecular weight is 591 g/mol. The Bertz CT molecular complexity index is 1420. The highest BCUT2D eigenvalue weighted by Gasteiger charge is 2.11. The Kier molecular flexibility index (Phi) is 12.5. The Morgan fingerprint density at radius 1 is 0.744 bits per heavy atom. The second-order valence-electron chi connectivity index (χ2n) is 8.84. The van der Waals surface area contributed by atoms with Crippen molar-refractivity contribution < 1.29 is 38.1 Å². The molecule has 0 fully saturated rings. The van der Waals surface area contributed by atoms with Gasteiger partial charge in [-0.25, -0.2) is 10.2 Å². The lowest BCUT2D eigenvalue weighted by Crippen LogP contribution is -2.21. The molecule has 0 unspecified atom stereocenters. The summed E-state index contributed by atoms with van der Waals surface area (Å²) in [5.41, 5.74) is 4.49. The van der Waals surface area contributed by atoms with Crippen LogP contribution in [0.2, 0.25) is 0 Å². The third-order valence-electron chi connectivity index (χ3n) is 5.66. The third kappa shape index (κ3) is 10.8. The number of carbonyl (C=O) groups excluding carboxylic acids is 4. The van der Waals surface area contributed by atoms with Crippen molar-refractivity contribution in [1.82, 2.24) is 5.43 Å². The first-order valence-electron chi connectivity index (χ1n) is 13.5. The smallest absolute Gasteiger partial charge is 0.338 e. The van der Waals surface area contributed by atoms with E-state index >= 15 is 0 Å². The summed E-state index contributed by atoms with van der Waals surface area (Å²) >= 11 is 0. The number of methoxy groups -OCH3 is 1. The van der Waals surface area contributed by atoms with E-state index in [0.717, 1.165) is 0 Å². The van der Waals surface area contributed by atoms with Crippen molar-refractivity contribution in [3.63, 3.8) is 0 Å². The fourth-order valence-electron chi connectivity index (χ4n) is 3.60. The number of nitrogens with one attached hydrogen (secondary N) is 3. The molecular weight excluding hydrogens is 556 g/mol. The van der Waals surface area contributed by atoms with Crippen molar-refractivity contribution in [2.45, 2.75) is 26.7 Å². The number of hydrogen-bond acceptors (Lipinski definition) is 9. The highest BCUT2D eigenvalue weighted by Crippen LogP contribution is 2.28. The average Bonchev–Trinajstić information content (AvgIpc) is 3.00. The number of benzene rings is 3. The minimum atomic E-state index is -0.436. The summed E-state index contributed by atoms with van der Waals surface area (Å²) < 4.78 is 21.3. The van der Waals surface area contributed by atoms with Gasteiger partial charge in [-0.1, -0.05) is 0 Å². The Morgan fingerprint density at radius 3 is 2.05 bits per heavy atom. The van der Waals surface area contributed by atoms with Crippen molar-refractivity contribution in [2.75, 3.05) is 37.6 Å². The van der Waals surface area contributed by atoms with Gasteiger partial charge in [0.2, 0.25) is 11.8 Å². The van der Waals surface area contributed by atoms with E-state index in [4.69, 9.17) is 18.9 Å². The summed E-state index contributed by atoms with van der Waals surface area (Å²) in [5, 5.41) is 9.35. The number of hydrogen-bond donors (Lipinski definition) is 3. The Labute approximate surface area is 249 Å². The van der Waals surface area contributed by atoms with E-state index in [2.05, 4.69) is 21.2 Å². The molecule has 43 heavy (non-hydrogen) atoms. The van der Waals surface area contributed by atoms with Gasteiger partial charge in [0, 0.05) is 24.2 Å². The normalized spacial score (nSPS) is 10.5. The van der Waals surface area contributed by atoms with Crippen LogP contribution >= 0.6 is 0 Å². The zero-order chi connectivity index (χ0) is 31.0. The molecule has 0 bridgehead atoms. The molecule has 3 N–H and O–H groups in total. The van der Waals surface area contributed by atoms with Crippen molar-refractivity contribution in [2.24, 2.45) is 5.10 Å². The van der Waals surface area contributed by atoms with Crippen LogP contribution in [0.15, 0.2) is 71.8 Å². The van der Waals surface area contributed by atoms with E-state index in [-0.39, 0.29) is 32.0 Å². The zero-order valence-corrected chi connectivity index (χ0v) is 24.2. The predicted octanol–water partition coefficient (Wildman–Crippen LogP) is 4.16. The van der Waals surface area contributed by atoms with Gasteiger partial charge in [-0.15, -0.1) is 0 Å². The van der Waals surface area contributed by atoms with Gasteiger partial charge in [0.15, 0.2) is 18.1 Å². The number of ether oxygens (including phenoxy) is 4. The number of hydrazone groups is 1. The highest BCUT2D eigenvalue weighted by atomic mass is 16.5. The molecule has 0 saturated carbocycles. The lowest BCUT2D eigenvalue weighted by molar-refractivity contribution is -0.124. The molecular formula is C31H34N4O8. The summed E-state index contributed by atoms with van der Waals surface area (Å²) in [4.78, 5) is 48.4. The van der Waals surface area contributed by atoms with Crippen molar-refractivity contribution in [1.29, 1.82) is 0 Å². The van der Waals surface area contributed by atoms with Gasteiger partial charge in [-0.3, -0.25) is 14.4 Å². The van der Waals surface area contributed by atoms with Gasteiger partial charge < -0.3 is 29.6 Å². The van der Waals surface area contributed by atoms with Gasteiger partial charge in [-0.05, 0) is 86.1 Å². The van der Waals surface area contributed by atoms with Crippen molar-refractivity contribution >= 4 is 41.3 Å². The first-order valence-corrected chi connectivity index (χ1v) is 13.5. The maximum Gasteiger partial charge on any atom is 0.338 e. The molecule has 3 amide bonds. The Hall–Kier alpha value is -5.39. The lowest BCUT2D eigenvalue weighted by Gasteiger charge is -2.13. The molecule has 0 aliphatic carbocycles. The van der Waals surface area contributed by atoms with E-state index in [1.54, 1.807) is 80.8 Å². The monoisotopic (exact) mass is 590 g/mol. The molecule has 12 nitrogen and oxygen atoms in total. The summed E-state index contributed by atoms with van der Waals surface area (Å²) in [7, 11) is 1.56. The van der Waals surface area contributed by atoms with E-state index in [1.807, 2.05) is 6.92 Å². The Morgan fingerprint density at radius 2 is 1.40 bits per heavy atom. The largest absolute Gasteiger partial charge is 0.497 e. The molecule has 0 heterocycles. The standard InChI is InChI=1S/C31H34N4O8/c1-4-41-27-18-21(19-32-35-29(37)17-16-28(36)33-24-11-13-25(40-3)14-12-24)6-15-26(27)43-20-30(38)34-23-9-7-22(8-10-23)31(39)42-5-2/h6-15,18-19H,4-5,16-17,20H2,1-3H3,(H,33,36)(H,34,38)(H,35,37). The summed E-state index contributed by atoms with van der Waals surface area (Å²) in [6.07, 6.45) is 1.36. The van der Waals surface area contributed by atoms with E-state index < -0.39 is 17.8 Å². The predicted molar refractivity (Wildman–Crippen MR) is 161 cm³/mol. The number of carbonyl (C=O) groups is 4. The molecule has 3 rings (SSSR count). The maximum absolute atomic E-state index is 12.4. The van der Waals surface area contributed by atoms with Gasteiger partial charge in [0.05, 0.1) is 32.1 Å². The van der Waals surface area contributed by atoms with Gasteiger partial charge in [0.25, 0.3) is 5.91 Å². The topological polar surface area (TPSA) is 154 Å². The molecule has 0 saturated heterocycles. The molecule has 12 heteroatoms. The second-order valence-corrected chi connectivity index (χ2v) is 8.84. The van der Waals surface area contributed by atoms with E-state index in [1.165, 1.54) is 6.21 Å². The fourth-order valence-corrected chi connectivity index (χ4v) is 3.60. The number of anilines is 2. The molecule has 226 valence electrons. The van der Waals surface area contributed by atoms with Crippen LogP contribution < -0.4 is 30.3 Å². The summed E-state index contributed by atoms with van der Waals surface area (Å²) in [5.74, 6) is -0.162. The minimum absolute atomic E-state index is 0.0135. The van der Waals surface area contributed by atoms with Crippen LogP contribution in [0.3, 0.4) is 0 Å². The Balaban J connectivity index is 1.46. The summed E-state index contributed by atoms with van der Waals surface area (Å²) in [6, 6.07) is 18.1. The number of rotatable bonds is 15. The minimum Gasteiger partial charge on any atom is -0.497 e. The van der Waals surface area contributed by atoms with Crippen LogP contribution in [-0.4, -0.2) is 56.8 Å². The number of nitrogens with zero attached hydrogens (tertiary/aromatic N) is 1. The molecule has 0 spiro atoms. The molecule has 0 aliphatic heterocycles. The number of amides is 3. The van der Waals surface area contributed by atoms with Crippen LogP contribution in [0.25, 0.3) is 0 Å². The third-order valence-corrected chi connectivity index (χ3v) is 5.66. The van der Waals surface area contributed by atoms with Gasteiger partial charge in [0.1, 0.15) is 5.75 Å². The van der Waals surface area contributed by atoms with Crippen molar-refractivity contribution in [3.8, 4) is 17.2 Å². The van der Waals surface area contributed by atoms with Gasteiger partial charge >= 0.3 is 5.97 Å². The van der Waals surface area contributed by atoms with Crippen LogP contribution in [0, 0.1) is 0 Å². The summed E-state index contributed by atoms with van der Waals surface area (Å²) in [6.45, 7) is 3.88. The van der Waals surface area contributed by atoms with Crippen LogP contribution in [0.4, 0.5) is 11.4 Å². The van der Waals surface area contributed by atoms with E-state index in [9.17, 15) is 19.2 Å². The molecule has 0 aliphatic rings. The zero-order valence-electron chi connectivity index (χ0n) is 24.2. The van der Waals surface area contributed by atoms with Crippen LogP contribution in [0.5, 0.6) is 17.2 Å². The lowest BCUT2D eigenvalue weighted by atomic mass is 10.2. The molecule has 3 aromatic carbocycles. The SMILES string of the molecule is CCOC(=O)c1ccc(NC(=O)COc2ccc(C=NNC(=O)CCC(=O)Nc3ccc(OC)cc3)cc2OCC)cc1. The maximum atomic E-state index is 12.4. The quantitative estimate of drug-likeness (QED) is 0.136. The number of esters is 1.